The van der Waals surface area contributed by atoms with Crippen molar-refractivity contribution in [3.05, 3.63) is 25.5 Å². The summed E-state index contributed by atoms with van der Waals surface area (Å²) in [7, 11) is 0. The van der Waals surface area contributed by atoms with Crippen LogP contribution in [0.3, 0.4) is 0 Å². The normalized spacial score (nSPS) is 12.3. The summed E-state index contributed by atoms with van der Waals surface area (Å²) < 4.78 is 61.4. The standard InChI is InChI=1S/C7H2BrF5IN/c8-5-4(7(11,12)13)2(6(9)10)1-3(14)15-5/h1,6H. The maximum atomic E-state index is 12.4. The average molecular weight is 402 g/mol. The minimum absolute atomic E-state index is 0.0720. The molecular formula is C7H2BrF5IN. The molecule has 0 saturated heterocycles. The molecule has 84 valence electrons. The molecule has 0 aromatic carbocycles. The van der Waals surface area contributed by atoms with Crippen molar-refractivity contribution in [2.45, 2.75) is 12.6 Å². The first kappa shape index (κ1) is 13.1. The summed E-state index contributed by atoms with van der Waals surface area (Å²) in [5.74, 6) is 0. The van der Waals surface area contributed by atoms with E-state index in [0.29, 0.717) is 0 Å². The van der Waals surface area contributed by atoms with E-state index >= 15 is 0 Å². The topological polar surface area (TPSA) is 12.9 Å². The van der Waals surface area contributed by atoms with Crippen molar-refractivity contribution in [2.24, 2.45) is 0 Å². The lowest BCUT2D eigenvalue weighted by atomic mass is 10.1. The monoisotopic (exact) mass is 401 g/mol. The van der Waals surface area contributed by atoms with E-state index in [0.717, 1.165) is 6.07 Å². The van der Waals surface area contributed by atoms with Gasteiger partial charge in [0, 0.05) is 5.56 Å². The molecule has 0 aliphatic heterocycles. The smallest absolute Gasteiger partial charge is 0.234 e. The molecule has 0 amide bonds. The number of nitrogens with zero attached hydrogens (tertiary/aromatic N) is 1. The summed E-state index contributed by atoms with van der Waals surface area (Å²) in [4.78, 5) is 3.43. The molecular weight excluding hydrogens is 400 g/mol. The van der Waals surface area contributed by atoms with E-state index in [-0.39, 0.29) is 3.70 Å². The van der Waals surface area contributed by atoms with Crippen molar-refractivity contribution in [3.63, 3.8) is 0 Å². The molecule has 0 spiro atoms. The Balaban J connectivity index is 3.48. The van der Waals surface area contributed by atoms with Crippen molar-refractivity contribution < 1.29 is 22.0 Å². The fraction of sp³-hybridized carbons (Fsp3) is 0.286. The Labute approximate surface area is 103 Å². The number of alkyl halides is 5. The van der Waals surface area contributed by atoms with Gasteiger partial charge in [0.25, 0.3) is 6.43 Å². The average Bonchev–Trinajstić information content (AvgIpc) is 1.99. The fourth-order valence-corrected chi connectivity index (χ4v) is 2.51. The fourth-order valence-electron chi connectivity index (χ4n) is 0.954. The van der Waals surface area contributed by atoms with Crippen molar-refractivity contribution in [3.8, 4) is 0 Å². The van der Waals surface area contributed by atoms with Gasteiger partial charge in [-0.25, -0.2) is 13.8 Å². The SMILES string of the molecule is FC(F)c1cc(I)nc(Br)c1C(F)(F)F. The lowest BCUT2D eigenvalue weighted by molar-refractivity contribution is -0.140. The molecule has 1 aromatic rings. The van der Waals surface area contributed by atoms with Crippen LogP contribution in [0.1, 0.15) is 17.6 Å². The van der Waals surface area contributed by atoms with Gasteiger partial charge in [-0.1, -0.05) is 0 Å². The zero-order valence-corrected chi connectivity index (χ0v) is 10.5. The number of rotatable bonds is 1. The number of aromatic nitrogens is 1. The van der Waals surface area contributed by atoms with E-state index in [2.05, 4.69) is 20.9 Å². The lowest BCUT2D eigenvalue weighted by Gasteiger charge is -2.13. The molecule has 0 bridgehead atoms. The summed E-state index contributed by atoms with van der Waals surface area (Å²) in [5, 5.41) is 0. The Morgan fingerprint density at radius 3 is 2.27 bits per heavy atom. The van der Waals surface area contributed by atoms with Crippen LogP contribution in [0, 0.1) is 3.70 Å². The lowest BCUT2D eigenvalue weighted by Crippen LogP contribution is -2.12. The number of pyridine rings is 1. The van der Waals surface area contributed by atoms with Gasteiger partial charge in [0.2, 0.25) is 0 Å². The molecule has 1 rings (SSSR count). The van der Waals surface area contributed by atoms with Crippen molar-refractivity contribution >= 4 is 38.5 Å². The van der Waals surface area contributed by atoms with Gasteiger partial charge in [0.15, 0.2) is 0 Å². The van der Waals surface area contributed by atoms with E-state index in [1.807, 2.05) is 0 Å². The van der Waals surface area contributed by atoms with Crippen LogP contribution in [0.5, 0.6) is 0 Å². The maximum Gasteiger partial charge on any atom is 0.419 e. The van der Waals surface area contributed by atoms with E-state index in [9.17, 15) is 22.0 Å². The van der Waals surface area contributed by atoms with Gasteiger partial charge < -0.3 is 0 Å². The van der Waals surface area contributed by atoms with Crippen LogP contribution in [0.2, 0.25) is 0 Å². The van der Waals surface area contributed by atoms with Gasteiger partial charge in [-0.15, -0.1) is 0 Å². The Bertz CT molecular complexity index is 378. The number of hydrogen-bond donors (Lipinski definition) is 0. The predicted molar refractivity (Wildman–Crippen MR) is 54.6 cm³/mol. The first-order valence-corrected chi connectivity index (χ1v) is 5.32. The van der Waals surface area contributed by atoms with Crippen molar-refractivity contribution in [2.75, 3.05) is 0 Å². The third-order valence-electron chi connectivity index (χ3n) is 1.49. The van der Waals surface area contributed by atoms with Gasteiger partial charge in [-0.2, -0.15) is 13.2 Å². The molecule has 0 saturated carbocycles. The third-order valence-corrected chi connectivity index (χ3v) is 2.62. The van der Waals surface area contributed by atoms with Crippen molar-refractivity contribution in [1.29, 1.82) is 0 Å². The molecule has 0 aliphatic carbocycles. The second kappa shape index (κ2) is 4.48. The maximum absolute atomic E-state index is 12.4. The van der Waals surface area contributed by atoms with Crippen LogP contribution >= 0.6 is 38.5 Å². The molecule has 0 unspecified atom stereocenters. The Hall–Kier alpha value is 0.01000. The number of hydrogen-bond acceptors (Lipinski definition) is 1. The third kappa shape index (κ3) is 2.99. The molecule has 0 atom stereocenters. The Kier molecular flexibility index (Phi) is 3.90. The molecule has 0 aliphatic rings. The number of halogens is 7. The molecule has 15 heavy (non-hydrogen) atoms. The highest BCUT2D eigenvalue weighted by atomic mass is 127. The van der Waals surface area contributed by atoms with Gasteiger partial charge in [0.1, 0.15) is 8.30 Å². The van der Waals surface area contributed by atoms with E-state index in [1.54, 1.807) is 22.6 Å². The highest BCUT2D eigenvalue weighted by Crippen LogP contribution is 2.40. The first-order chi connectivity index (χ1) is 6.73. The predicted octanol–water partition coefficient (Wildman–Crippen LogP) is 4.41. The Morgan fingerprint density at radius 2 is 1.87 bits per heavy atom. The van der Waals surface area contributed by atoms with Gasteiger partial charge in [0.05, 0.1) is 5.56 Å². The molecule has 1 heterocycles. The largest absolute Gasteiger partial charge is 0.419 e. The summed E-state index contributed by atoms with van der Waals surface area (Å²) in [6.45, 7) is 0. The van der Waals surface area contributed by atoms with E-state index < -0.39 is 28.3 Å². The summed E-state index contributed by atoms with van der Waals surface area (Å²) in [5.41, 5.74) is -2.48. The summed E-state index contributed by atoms with van der Waals surface area (Å²) in [6.07, 6.45) is -8.03. The molecule has 1 aromatic heterocycles. The summed E-state index contributed by atoms with van der Waals surface area (Å²) in [6, 6.07) is 0.721. The highest BCUT2D eigenvalue weighted by molar-refractivity contribution is 14.1. The van der Waals surface area contributed by atoms with Gasteiger partial charge in [-0.05, 0) is 44.6 Å². The van der Waals surface area contributed by atoms with Crippen LogP contribution < -0.4 is 0 Å². The van der Waals surface area contributed by atoms with Crippen LogP contribution in [0.15, 0.2) is 10.7 Å². The van der Waals surface area contributed by atoms with Gasteiger partial charge in [-0.3, -0.25) is 0 Å². The molecule has 0 radical (unpaired) electrons. The zero-order valence-electron chi connectivity index (χ0n) is 6.75. The van der Waals surface area contributed by atoms with Gasteiger partial charge >= 0.3 is 6.18 Å². The first-order valence-electron chi connectivity index (χ1n) is 3.44. The van der Waals surface area contributed by atoms with E-state index in [1.165, 1.54) is 0 Å². The summed E-state index contributed by atoms with van der Waals surface area (Å²) >= 11 is 4.10. The van der Waals surface area contributed by atoms with Crippen LogP contribution in [-0.4, -0.2) is 4.98 Å². The van der Waals surface area contributed by atoms with Crippen LogP contribution in [0.4, 0.5) is 22.0 Å². The molecule has 0 N–H and O–H groups in total. The quantitative estimate of drug-likeness (QED) is 0.386. The Morgan fingerprint density at radius 1 is 1.33 bits per heavy atom. The minimum atomic E-state index is -4.85. The zero-order chi connectivity index (χ0) is 11.8. The molecule has 0 fully saturated rings. The second-order valence-corrected chi connectivity index (χ2v) is 4.35. The molecule has 1 nitrogen and oxygen atoms in total. The van der Waals surface area contributed by atoms with Crippen LogP contribution in [0.25, 0.3) is 0 Å². The minimum Gasteiger partial charge on any atom is -0.234 e. The second-order valence-electron chi connectivity index (χ2n) is 2.50. The highest BCUT2D eigenvalue weighted by Gasteiger charge is 2.39. The van der Waals surface area contributed by atoms with E-state index in [4.69, 9.17) is 0 Å². The van der Waals surface area contributed by atoms with Crippen LogP contribution in [-0.2, 0) is 6.18 Å². The van der Waals surface area contributed by atoms with Crippen molar-refractivity contribution in [1.82, 2.24) is 4.98 Å². The molecule has 8 heteroatoms.